The number of benzene rings is 2. The zero-order valence-corrected chi connectivity index (χ0v) is 17.2. The van der Waals surface area contributed by atoms with E-state index in [1.807, 2.05) is 91.2 Å². The molecule has 150 valence electrons. The minimum Gasteiger partial charge on any atom is -0.341 e. The standard InChI is InChI=1S/C25H23N3O2/c1-16-10-9-11-17(2)23(16)27-25(30)22-20-14-7-8-15-28(20)24(21(22)18(3)29)26-19-12-5-4-6-13-19/h4-15,26H,1-3H3,(H,27,30). The molecule has 0 unspecified atom stereocenters. The van der Waals surface area contributed by atoms with Gasteiger partial charge in [0.25, 0.3) is 5.91 Å². The summed E-state index contributed by atoms with van der Waals surface area (Å²) in [5.74, 6) is 0.0992. The van der Waals surface area contributed by atoms with Gasteiger partial charge in [-0.25, -0.2) is 0 Å². The molecule has 2 aromatic carbocycles. The van der Waals surface area contributed by atoms with E-state index in [4.69, 9.17) is 0 Å². The lowest BCUT2D eigenvalue weighted by molar-refractivity contribution is 0.0987. The number of para-hydroxylation sites is 2. The molecule has 0 aliphatic rings. The minimum atomic E-state index is -0.303. The van der Waals surface area contributed by atoms with Gasteiger partial charge in [0.15, 0.2) is 5.78 Å². The molecule has 30 heavy (non-hydrogen) atoms. The van der Waals surface area contributed by atoms with Crippen LogP contribution in [0.3, 0.4) is 0 Å². The Morgan fingerprint density at radius 2 is 1.47 bits per heavy atom. The topological polar surface area (TPSA) is 62.6 Å². The lowest BCUT2D eigenvalue weighted by atomic mass is 10.0. The normalized spacial score (nSPS) is 10.8. The quantitative estimate of drug-likeness (QED) is 0.421. The van der Waals surface area contributed by atoms with Crippen molar-refractivity contribution in [1.82, 2.24) is 4.40 Å². The fourth-order valence-electron chi connectivity index (χ4n) is 3.75. The van der Waals surface area contributed by atoms with Crippen molar-refractivity contribution in [2.45, 2.75) is 20.8 Å². The maximum absolute atomic E-state index is 13.4. The second kappa shape index (κ2) is 7.87. The number of rotatable bonds is 5. The van der Waals surface area contributed by atoms with Crippen LogP contribution in [0.15, 0.2) is 72.9 Å². The minimum absolute atomic E-state index is 0.177. The van der Waals surface area contributed by atoms with Gasteiger partial charge in [0, 0.05) is 17.6 Å². The van der Waals surface area contributed by atoms with Crippen molar-refractivity contribution in [3.05, 3.63) is 95.2 Å². The molecule has 4 rings (SSSR count). The van der Waals surface area contributed by atoms with Crippen LogP contribution < -0.4 is 10.6 Å². The summed E-state index contributed by atoms with van der Waals surface area (Å²) in [5.41, 5.74) is 4.95. The summed E-state index contributed by atoms with van der Waals surface area (Å²) in [7, 11) is 0. The first-order valence-electron chi connectivity index (χ1n) is 9.81. The highest BCUT2D eigenvalue weighted by Gasteiger charge is 2.26. The predicted molar refractivity (Wildman–Crippen MR) is 121 cm³/mol. The molecule has 0 aliphatic heterocycles. The van der Waals surface area contributed by atoms with Crippen LogP contribution in [-0.2, 0) is 0 Å². The number of anilines is 3. The molecule has 2 N–H and O–H groups in total. The maximum atomic E-state index is 13.4. The van der Waals surface area contributed by atoms with Gasteiger partial charge in [-0.15, -0.1) is 0 Å². The van der Waals surface area contributed by atoms with Crippen LogP contribution in [0.4, 0.5) is 17.2 Å². The molecule has 4 aromatic rings. The fourth-order valence-corrected chi connectivity index (χ4v) is 3.75. The van der Waals surface area contributed by atoms with E-state index >= 15 is 0 Å². The van der Waals surface area contributed by atoms with Gasteiger partial charge in [-0.2, -0.15) is 0 Å². The van der Waals surface area contributed by atoms with Crippen molar-refractivity contribution in [2.75, 3.05) is 10.6 Å². The van der Waals surface area contributed by atoms with E-state index < -0.39 is 0 Å². The highest BCUT2D eigenvalue weighted by Crippen LogP contribution is 2.32. The summed E-state index contributed by atoms with van der Waals surface area (Å²) in [6.07, 6.45) is 1.85. The first-order valence-corrected chi connectivity index (χ1v) is 9.81. The smallest absolute Gasteiger partial charge is 0.258 e. The third kappa shape index (κ3) is 3.46. The molecule has 0 bridgehead atoms. The largest absolute Gasteiger partial charge is 0.341 e. The number of ketones is 1. The SMILES string of the molecule is CC(=O)c1c(C(=O)Nc2c(C)cccc2C)c2ccccn2c1Nc1ccccc1. The van der Waals surface area contributed by atoms with Crippen LogP contribution in [0.25, 0.3) is 5.52 Å². The first-order chi connectivity index (χ1) is 14.5. The van der Waals surface area contributed by atoms with Gasteiger partial charge in [0.05, 0.1) is 16.6 Å². The van der Waals surface area contributed by atoms with Gasteiger partial charge in [-0.05, 0) is 56.2 Å². The Labute approximate surface area is 175 Å². The Kier molecular flexibility index (Phi) is 5.11. The van der Waals surface area contributed by atoms with Crippen LogP contribution in [0.1, 0.15) is 38.8 Å². The first kappa shape index (κ1) is 19.5. The Hall–Kier alpha value is -3.86. The van der Waals surface area contributed by atoms with E-state index in [2.05, 4.69) is 10.6 Å². The Morgan fingerprint density at radius 3 is 2.13 bits per heavy atom. The van der Waals surface area contributed by atoms with E-state index in [1.54, 1.807) is 0 Å². The van der Waals surface area contributed by atoms with Crippen molar-refractivity contribution in [3.63, 3.8) is 0 Å². The number of fused-ring (bicyclic) bond motifs is 1. The van der Waals surface area contributed by atoms with Gasteiger partial charge >= 0.3 is 0 Å². The van der Waals surface area contributed by atoms with Crippen LogP contribution in [0.5, 0.6) is 0 Å². The number of carbonyl (C=O) groups is 2. The third-order valence-electron chi connectivity index (χ3n) is 5.18. The fraction of sp³-hybridized carbons (Fsp3) is 0.120. The predicted octanol–water partition coefficient (Wildman–Crippen LogP) is 5.75. The molecule has 0 saturated heterocycles. The summed E-state index contributed by atoms with van der Waals surface area (Å²) in [6.45, 7) is 5.39. The van der Waals surface area contributed by atoms with E-state index in [-0.39, 0.29) is 11.7 Å². The molecule has 2 heterocycles. The summed E-state index contributed by atoms with van der Waals surface area (Å²) >= 11 is 0. The highest BCUT2D eigenvalue weighted by molar-refractivity contribution is 6.19. The molecule has 0 aliphatic carbocycles. The third-order valence-corrected chi connectivity index (χ3v) is 5.18. The van der Waals surface area contributed by atoms with Crippen LogP contribution >= 0.6 is 0 Å². The van der Waals surface area contributed by atoms with E-state index in [0.29, 0.717) is 22.5 Å². The summed E-state index contributed by atoms with van der Waals surface area (Å²) in [4.78, 5) is 26.1. The molecule has 5 nitrogen and oxygen atoms in total. The monoisotopic (exact) mass is 397 g/mol. The number of pyridine rings is 1. The molecule has 5 heteroatoms. The molecule has 0 saturated carbocycles. The van der Waals surface area contributed by atoms with Crippen molar-refractivity contribution in [1.29, 1.82) is 0 Å². The Bertz CT molecular complexity index is 1240. The van der Waals surface area contributed by atoms with Gasteiger partial charge < -0.3 is 15.0 Å². The van der Waals surface area contributed by atoms with Gasteiger partial charge in [-0.3, -0.25) is 9.59 Å². The lowest BCUT2D eigenvalue weighted by Gasteiger charge is -2.12. The summed E-state index contributed by atoms with van der Waals surface area (Å²) < 4.78 is 1.85. The average Bonchev–Trinajstić information content (AvgIpc) is 3.06. The average molecular weight is 397 g/mol. The van der Waals surface area contributed by atoms with Crippen molar-refractivity contribution in [2.24, 2.45) is 0 Å². The van der Waals surface area contributed by atoms with Crippen LogP contribution in [-0.4, -0.2) is 16.1 Å². The van der Waals surface area contributed by atoms with Gasteiger partial charge in [-0.1, -0.05) is 42.5 Å². The maximum Gasteiger partial charge on any atom is 0.258 e. The van der Waals surface area contributed by atoms with Crippen LogP contribution in [0, 0.1) is 13.8 Å². The van der Waals surface area contributed by atoms with Gasteiger partial charge in [0.2, 0.25) is 0 Å². The number of nitrogens with one attached hydrogen (secondary N) is 2. The zero-order valence-electron chi connectivity index (χ0n) is 17.2. The van der Waals surface area contributed by atoms with Crippen LogP contribution in [0.2, 0.25) is 0 Å². The molecular formula is C25H23N3O2. The van der Waals surface area contributed by atoms with E-state index in [1.165, 1.54) is 6.92 Å². The molecular weight excluding hydrogens is 374 g/mol. The second-order valence-electron chi connectivity index (χ2n) is 7.32. The van der Waals surface area contributed by atoms with Gasteiger partial charge in [0.1, 0.15) is 5.82 Å². The number of amides is 1. The molecule has 0 fully saturated rings. The van der Waals surface area contributed by atoms with E-state index in [9.17, 15) is 9.59 Å². The van der Waals surface area contributed by atoms with Crippen molar-refractivity contribution >= 4 is 34.4 Å². The Balaban J connectivity index is 1.88. The van der Waals surface area contributed by atoms with Crippen molar-refractivity contribution in [3.8, 4) is 0 Å². The number of nitrogens with zero attached hydrogens (tertiary/aromatic N) is 1. The number of Topliss-reactive ketones (excluding diaryl/α,β-unsaturated/α-hetero) is 1. The lowest BCUT2D eigenvalue weighted by Crippen LogP contribution is -2.16. The number of hydrogen-bond donors (Lipinski definition) is 2. The molecule has 0 spiro atoms. The molecule has 0 radical (unpaired) electrons. The van der Waals surface area contributed by atoms with Crippen molar-refractivity contribution < 1.29 is 9.59 Å². The molecule has 2 aromatic heterocycles. The number of hydrogen-bond acceptors (Lipinski definition) is 3. The Morgan fingerprint density at radius 1 is 0.800 bits per heavy atom. The molecule has 0 atom stereocenters. The number of carbonyl (C=O) groups excluding carboxylic acids is 2. The second-order valence-corrected chi connectivity index (χ2v) is 7.32. The number of aromatic nitrogens is 1. The molecule has 1 amide bonds. The summed E-state index contributed by atoms with van der Waals surface area (Å²) in [5, 5.41) is 6.35. The zero-order chi connectivity index (χ0) is 21.3. The summed E-state index contributed by atoms with van der Waals surface area (Å²) in [6, 6.07) is 21.0. The number of aryl methyl sites for hydroxylation is 2. The van der Waals surface area contributed by atoms with E-state index in [0.717, 1.165) is 22.5 Å². The highest BCUT2D eigenvalue weighted by atomic mass is 16.2.